The lowest BCUT2D eigenvalue weighted by Gasteiger charge is -2.18. The maximum Gasteiger partial charge on any atom is 0.243 e. The average molecular weight is 307 g/mol. The number of likely N-dealkylation sites (N-methyl/N-ethyl adjacent to an activating group) is 1. The summed E-state index contributed by atoms with van der Waals surface area (Å²) in [6.45, 7) is 1.02. The molecule has 0 spiro atoms. The minimum atomic E-state index is -3.53. The first-order valence-corrected chi connectivity index (χ1v) is 8.24. The zero-order chi connectivity index (χ0) is 14.9. The third-order valence-corrected chi connectivity index (χ3v) is 5.69. The zero-order valence-electron chi connectivity index (χ0n) is 11.7. The third-order valence-electron chi connectivity index (χ3n) is 3.77. The number of rotatable bonds is 4. The predicted octanol–water partition coefficient (Wildman–Crippen LogP) is 1.32. The third kappa shape index (κ3) is 2.59. The van der Waals surface area contributed by atoms with Crippen molar-refractivity contribution in [3.63, 3.8) is 0 Å². The molecule has 1 aromatic carbocycles. The highest BCUT2D eigenvalue weighted by Gasteiger charge is 2.33. The second-order valence-electron chi connectivity index (χ2n) is 5.01. The van der Waals surface area contributed by atoms with Gasteiger partial charge in [-0.1, -0.05) is 17.3 Å². The van der Waals surface area contributed by atoms with Crippen LogP contribution in [0.15, 0.2) is 45.9 Å². The van der Waals surface area contributed by atoms with E-state index in [9.17, 15) is 8.42 Å². The molecule has 1 fully saturated rings. The second-order valence-corrected chi connectivity index (χ2v) is 6.92. The van der Waals surface area contributed by atoms with Crippen molar-refractivity contribution >= 4 is 10.0 Å². The molecule has 1 aliphatic heterocycles. The molecule has 21 heavy (non-hydrogen) atoms. The van der Waals surface area contributed by atoms with Crippen molar-refractivity contribution in [3.8, 4) is 11.3 Å². The highest BCUT2D eigenvalue weighted by atomic mass is 32.2. The Balaban J connectivity index is 2.01. The fraction of sp³-hybridized carbons (Fsp3) is 0.357. The van der Waals surface area contributed by atoms with E-state index >= 15 is 0 Å². The van der Waals surface area contributed by atoms with E-state index in [1.54, 1.807) is 30.3 Å². The van der Waals surface area contributed by atoms with Crippen LogP contribution in [0.3, 0.4) is 0 Å². The van der Waals surface area contributed by atoms with E-state index in [1.165, 1.54) is 10.5 Å². The Morgan fingerprint density at radius 1 is 1.33 bits per heavy atom. The van der Waals surface area contributed by atoms with Gasteiger partial charge in [-0.25, -0.2) is 8.42 Å². The van der Waals surface area contributed by atoms with Gasteiger partial charge in [0.2, 0.25) is 10.0 Å². The molecule has 1 atom stereocenters. The van der Waals surface area contributed by atoms with Gasteiger partial charge >= 0.3 is 0 Å². The molecule has 2 aromatic rings. The van der Waals surface area contributed by atoms with Gasteiger partial charge in [0.1, 0.15) is 0 Å². The van der Waals surface area contributed by atoms with Crippen molar-refractivity contribution in [2.24, 2.45) is 0 Å². The molecule has 0 amide bonds. The van der Waals surface area contributed by atoms with Crippen LogP contribution in [0.2, 0.25) is 0 Å². The van der Waals surface area contributed by atoms with Crippen molar-refractivity contribution in [2.75, 3.05) is 20.1 Å². The Labute approximate surface area is 123 Å². The molecule has 112 valence electrons. The van der Waals surface area contributed by atoms with E-state index in [0.717, 1.165) is 6.42 Å². The van der Waals surface area contributed by atoms with Crippen molar-refractivity contribution in [3.05, 3.63) is 36.5 Å². The van der Waals surface area contributed by atoms with Crippen LogP contribution >= 0.6 is 0 Å². The lowest BCUT2D eigenvalue weighted by atomic mass is 10.2. The zero-order valence-corrected chi connectivity index (χ0v) is 12.5. The van der Waals surface area contributed by atoms with E-state index in [0.29, 0.717) is 24.4 Å². The minimum absolute atomic E-state index is 0.206. The van der Waals surface area contributed by atoms with Crippen LogP contribution in [0.4, 0.5) is 0 Å². The molecule has 1 aromatic heterocycles. The first kappa shape index (κ1) is 14.2. The van der Waals surface area contributed by atoms with Gasteiger partial charge in [-0.3, -0.25) is 0 Å². The normalized spacial score (nSPS) is 20.0. The summed E-state index contributed by atoms with van der Waals surface area (Å²) in [6, 6.07) is 8.72. The van der Waals surface area contributed by atoms with E-state index in [1.807, 2.05) is 7.05 Å². The molecule has 6 nitrogen and oxygen atoms in total. The monoisotopic (exact) mass is 307 g/mol. The Morgan fingerprint density at radius 2 is 2.14 bits per heavy atom. The van der Waals surface area contributed by atoms with Crippen molar-refractivity contribution in [1.82, 2.24) is 14.8 Å². The van der Waals surface area contributed by atoms with Gasteiger partial charge < -0.3 is 9.84 Å². The van der Waals surface area contributed by atoms with E-state index in [-0.39, 0.29) is 10.9 Å². The van der Waals surface area contributed by atoms with Gasteiger partial charge in [0.15, 0.2) is 5.76 Å². The molecule has 1 unspecified atom stereocenters. The lowest BCUT2D eigenvalue weighted by molar-refractivity contribution is 0.430. The summed E-state index contributed by atoms with van der Waals surface area (Å²) in [6.07, 6.45) is 2.33. The summed E-state index contributed by atoms with van der Waals surface area (Å²) in [5.74, 6) is 0.457. The molecule has 1 saturated heterocycles. The molecule has 1 N–H and O–H groups in total. The van der Waals surface area contributed by atoms with Gasteiger partial charge in [0.05, 0.1) is 11.1 Å². The minimum Gasteiger partial charge on any atom is -0.356 e. The quantitative estimate of drug-likeness (QED) is 0.922. The highest BCUT2D eigenvalue weighted by Crippen LogP contribution is 2.30. The smallest absolute Gasteiger partial charge is 0.243 e. The van der Waals surface area contributed by atoms with E-state index < -0.39 is 10.0 Å². The summed E-state index contributed by atoms with van der Waals surface area (Å²) in [7, 11) is -1.68. The fourth-order valence-electron chi connectivity index (χ4n) is 2.57. The molecule has 0 saturated carbocycles. The van der Waals surface area contributed by atoms with Crippen LogP contribution in [0.5, 0.6) is 0 Å². The van der Waals surface area contributed by atoms with Gasteiger partial charge in [0, 0.05) is 30.8 Å². The summed E-state index contributed by atoms with van der Waals surface area (Å²) in [4.78, 5) is 0.263. The molecule has 7 heteroatoms. The van der Waals surface area contributed by atoms with E-state index in [2.05, 4.69) is 10.5 Å². The van der Waals surface area contributed by atoms with E-state index in [4.69, 9.17) is 4.52 Å². The highest BCUT2D eigenvalue weighted by molar-refractivity contribution is 7.89. The van der Waals surface area contributed by atoms with Crippen LogP contribution in [0.1, 0.15) is 6.42 Å². The molecule has 0 aliphatic carbocycles. The maximum absolute atomic E-state index is 12.8. The number of benzene rings is 1. The van der Waals surface area contributed by atoms with Crippen molar-refractivity contribution in [2.45, 2.75) is 17.4 Å². The standard InChI is InChI=1S/C14H17N3O3S/c1-15-11-7-9-17(10-11)21(18,19)14-5-3-2-4-12(14)13-6-8-16-20-13/h2-6,8,11,15H,7,9-10H2,1H3. The van der Waals surface area contributed by atoms with Crippen LogP contribution in [0.25, 0.3) is 11.3 Å². The number of hydrogen-bond donors (Lipinski definition) is 1. The average Bonchev–Trinajstić information content (AvgIpc) is 3.18. The summed E-state index contributed by atoms with van der Waals surface area (Å²) >= 11 is 0. The molecule has 2 heterocycles. The van der Waals surface area contributed by atoms with Crippen LogP contribution < -0.4 is 5.32 Å². The molecule has 0 radical (unpaired) electrons. The molecular formula is C14H17N3O3S. The molecule has 1 aliphatic rings. The van der Waals surface area contributed by atoms with Crippen molar-refractivity contribution in [1.29, 1.82) is 0 Å². The number of hydrogen-bond acceptors (Lipinski definition) is 5. The van der Waals surface area contributed by atoms with Gasteiger partial charge in [-0.05, 0) is 25.6 Å². The van der Waals surface area contributed by atoms with Gasteiger partial charge in [0.25, 0.3) is 0 Å². The summed E-state index contributed by atoms with van der Waals surface area (Å²) in [5.41, 5.74) is 0.544. The fourth-order valence-corrected chi connectivity index (χ4v) is 4.27. The Hall–Kier alpha value is -1.70. The maximum atomic E-state index is 12.8. The predicted molar refractivity (Wildman–Crippen MR) is 78.2 cm³/mol. The van der Waals surface area contributed by atoms with Crippen LogP contribution in [-0.4, -0.2) is 44.1 Å². The van der Waals surface area contributed by atoms with Crippen molar-refractivity contribution < 1.29 is 12.9 Å². The molecule has 0 bridgehead atoms. The Morgan fingerprint density at radius 3 is 2.81 bits per heavy atom. The number of sulfonamides is 1. The Bertz CT molecular complexity index is 713. The first-order valence-electron chi connectivity index (χ1n) is 6.80. The second kappa shape index (κ2) is 5.59. The molecule has 3 rings (SSSR count). The number of nitrogens with one attached hydrogen (secondary N) is 1. The first-order chi connectivity index (χ1) is 10.1. The van der Waals surface area contributed by atoms with Crippen LogP contribution in [0, 0.1) is 0 Å². The topological polar surface area (TPSA) is 75.4 Å². The van der Waals surface area contributed by atoms with Gasteiger partial charge in [-0.15, -0.1) is 0 Å². The summed E-state index contributed by atoms with van der Waals surface area (Å²) < 4.78 is 32.3. The number of nitrogens with zero attached hydrogens (tertiary/aromatic N) is 2. The molecular weight excluding hydrogens is 290 g/mol. The van der Waals surface area contributed by atoms with Crippen LogP contribution in [-0.2, 0) is 10.0 Å². The lowest BCUT2D eigenvalue weighted by Crippen LogP contribution is -2.33. The summed E-state index contributed by atoms with van der Waals surface area (Å²) in [5, 5.41) is 6.78. The SMILES string of the molecule is CNC1CCN(S(=O)(=O)c2ccccc2-c2ccno2)C1. The van der Waals surface area contributed by atoms with Gasteiger partial charge in [-0.2, -0.15) is 4.31 Å². The Kier molecular flexibility index (Phi) is 3.79. The largest absolute Gasteiger partial charge is 0.356 e. The number of aromatic nitrogens is 1.